The van der Waals surface area contributed by atoms with Crippen LogP contribution < -0.4 is 11.1 Å². The maximum Gasteiger partial charge on any atom is 0.160 e. The predicted molar refractivity (Wildman–Crippen MR) is 82.9 cm³/mol. The maximum atomic E-state index is 12.2. The average Bonchev–Trinajstić information content (AvgIpc) is 2.66. The number of allylic oxidation sites excluding steroid dienone is 8. The molecule has 3 heteroatoms. The van der Waals surface area contributed by atoms with E-state index in [1.165, 1.54) is 18.4 Å². The molecule has 2 aliphatic carbocycles. The predicted octanol–water partition coefficient (Wildman–Crippen LogP) is 3.11. The molecule has 20 heavy (non-hydrogen) atoms. The molecule has 0 saturated heterocycles. The minimum atomic E-state index is 0.225. The van der Waals surface area contributed by atoms with Crippen LogP contribution in [-0.4, -0.2) is 12.3 Å². The van der Waals surface area contributed by atoms with E-state index in [1.807, 2.05) is 18.2 Å². The van der Waals surface area contributed by atoms with Crippen LogP contribution in [0, 0.1) is 0 Å². The van der Waals surface area contributed by atoms with Crippen LogP contribution in [0.15, 0.2) is 46.8 Å². The van der Waals surface area contributed by atoms with E-state index in [0.29, 0.717) is 13.0 Å². The summed E-state index contributed by atoms with van der Waals surface area (Å²) in [5.74, 6) is 0.225. The number of hydrogen-bond donors (Lipinski definition) is 2. The van der Waals surface area contributed by atoms with E-state index >= 15 is 0 Å². The molecule has 3 N–H and O–H groups in total. The van der Waals surface area contributed by atoms with Gasteiger partial charge in [0.25, 0.3) is 0 Å². The summed E-state index contributed by atoms with van der Waals surface area (Å²) in [6.07, 6.45) is 13.7. The van der Waals surface area contributed by atoms with Gasteiger partial charge in [-0.1, -0.05) is 29.9 Å². The van der Waals surface area contributed by atoms with Crippen LogP contribution in [-0.2, 0) is 4.79 Å². The van der Waals surface area contributed by atoms with Crippen molar-refractivity contribution in [1.82, 2.24) is 5.32 Å². The number of carbonyl (C=O) groups is 1. The lowest BCUT2D eigenvalue weighted by Crippen LogP contribution is -2.23. The topological polar surface area (TPSA) is 55.1 Å². The second-order valence-electron chi connectivity index (χ2n) is 5.51. The van der Waals surface area contributed by atoms with Gasteiger partial charge in [-0.25, -0.2) is 0 Å². The van der Waals surface area contributed by atoms with Crippen molar-refractivity contribution in [3.8, 4) is 0 Å². The van der Waals surface area contributed by atoms with Crippen LogP contribution in [0.2, 0.25) is 0 Å². The molecule has 0 spiro atoms. The van der Waals surface area contributed by atoms with Crippen molar-refractivity contribution in [3.05, 3.63) is 46.8 Å². The third kappa shape index (κ3) is 4.12. The SMILES string of the molecule is CC1=CCC(C(=O)CCNC2=C(N)CCCC2)=CC=C1. The van der Waals surface area contributed by atoms with Crippen LogP contribution in [0.4, 0.5) is 0 Å². The Hall–Kier alpha value is -1.77. The second kappa shape index (κ2) is 7.13. The van der Waals surface area contributed by atoms with Gasteiger partial charge in [0.1, 0.15) is 0 Å². The van der Waals surface area contributed by atoms with Gasteiger partial charge < -0.3 is 11.1 Å². The summed E-state index contributed by atoms with van der Waals surface area (Å²) in [5, 5.41) is 3.34. The summed E-state index contributed by atoms with van der Waals surface area (Å²) in [7, 11) is 0. The fraction of sp³-hybridized carbons (Fsp3) is 0.471. The first-order chi connectivity index (χ1) is 9.66. The molecule has 0 heterocycles. The molecular weight excluding hydrogens is 248 g/mol. The van der Waals surface area contributed by atoms with E-state index in [2.05, 4.69) is 18.3 Å². The van der Waals surface area contributed by atoms with E-state index in [-0.39, 0.29) is 5.78 Å². The van der Waals surface area contributed by atoms with Crippen molar-refractivity contribution in [2.24, 2.45) is 5.73 Å². The lowest BCUT2D eigenvalue weighted by atomic mass is 10.0. The lowest BCUT2D eigenvalue weighted by Gasteiger charge is -2.18. The van der Waals surface area contributed by atoms with Crippen LogP contribution >= 0.6 is 0 Å². The Labute approximate surface area is 121 Å². The van der Waals surface area contributed by atoms with Crippen molar-refractivity contribution in [2.75, 3.05) is 6.54 Å². The smallest absolute Gasteiger partial charge is 0.160 e. The number of ketones is 1. The minimum absolute atomic E-state index is 0.225. The molecule has 0 saturated carbocycles. The zero-order valence-corrected chi connectivity index (χ0v) is 12.2. The van der Waals surface area contributed by atoms with E-state index < -0.39 is 0 Å². The molecule has 2 rings (SSSR count). The zero-order valence-electron chi connectivity index (χ0n) is 12.2. The molecule has 0 atom stereocenters. The summed E-state index contributed by atoms with van der Waals surface area (Å²) in [6, 6.07) is 0. The van der Waals surface area contributed by atoms with Crippen molar-refractivity contribution in [3.63, 3.8) is 0 Å². The number of rotatable bonds is 5. The number of nitrogens with two attached hydrogens (primary N) is 1. The first-order valence-electron chi connectivity index (χ1n) is 7.45. The Bertz CT molecular complexity index is 492. The molecule has 0 aromatic rings. The fourth-order valence-corrected chi connectivity index (χ4v) is 2.55. The van der Waals surface area contributed by atoms with Crippen molar-refractivity contribution in [1.29, 1.82) is 0 Å². The van der Waals surface area contributed by atoms with Gasteiger partial charge in [0, 0.05) is 24.4 Å². The van der Waals surface area contributed by atoms with Crippen LogP contribution in [0.3, 0.4) is 0 Å². The third-order valence-corrected chi connectivity index (χ3v) is 3.86. The maximum absolute atomic E-state index is 12.2. The van der Waals surface area contributed by atoms with Gasteiger partial charge in [0.05, 0.1) is 0 Å². The largest absolute Gasteiger partial charge is 0.401 e. The van der Waals surface area contributed by atoms with Gasteiger partial charge in [0.2, 0.25) is 0 Å². The Balaban J connectivity index is 1.81. The highest BCUT2D eigenvalue weighted by Gasteiger charge is 2.12. The third-order valence-electron chi connectivity index (χ3n) is 3.86. The quantitative estimate of drug-likeness (QED) is 0.808. The molecule has 0 aromatic heterocycles. The van der Waals surface area contributed by atoms with E-state index in [9.17, 15) is 4.79 Å². The Kier molecular flexibility index (Phi) is 5.22. The summed E-state index contributed by atoms with van der Waals surface area (Å²) in [5.41, 5.74) is 10.2. The first-order valence-corrected chi connectivity index (χ1v) is 7.45. The second-order valence-corrected chi connectivity index (χ2v) is 5.51. The normalized spacial score (nSPS) is 19.2. The molecule has 0 aromatic carbocycles. The molecule has 0 radical (unpaired) electrons. The average molecular weight is 272 g/mol. The highest BCUT2D eigenvalue weighted by atomic mass is 16.1. The molecule has 0 aliphatic heterocycles. The number of hydrogen-bond acceptors (Lipinski definition) is 3. The Morgan fingerprint density at radius 1 is 1.35 bits per heavy atom. The van der Waals surface area contributed by atoms with Gasteiger partial charge in [-0.15, -0.1) is 0 Å². The number of nitrogens with one attached hydrogen (secondary N) is 1. The first kappa shape index (κ1) is 14.6. The summed E-state index contributed by atoms with van der Waals surface area (Å²) < 4.78 is 0. The van der Waals surface area contributed by atoms with Gasteiger partial charge in [-0.05, 0) is 44.6 Å². The summed E-state index contributed by atoms with van der Waals surface area (Å²) in [6.45, 7) is 2.73. The molecule has 0 fully saturated rings. The zero-order chi connectivity index (χ0) is 14.4. The standard InChI is InChI=1S/C17H24N2O/c1-13-5-4-6-14(10-9-13)17(20)11-12-19-16-8-3-2-7-15(16)18/h4-6,9,19H,2-3,7-8,10-12,18H2,1H3. The van der Waals surface area contributed by atoms with Crippen LogP contribution in [0.1, 0.15) is 45.4 Å². The molecule has 0 bridgehead atoms. The van der Waals surface area contributed by atoms with E-state index in [0.717, 1.165) is 36.2 Å². The van der Waals surface area contributed by atoms with Gasteiger partial charge in [0.15, 0.2) is 5.78 Å². The van der Waals surface area contributed by atoms with E-state index in [4.69, 9.17) is 5.73 Å². The van der Waals surface area contributed by atoms with Gasteiger partial charge in [-0.3, -0.25) is 4.79 Å². The van der Waals surface area contributed by atoms with Gasteiger partial charge in [-0.2, -0.15) is 0 Å². The Morgan fingerprint density at radius 3 is 2.95 bits per heavy atom. The molecule has 108 valence electrons. The minimum Gasteiger partial charge on any atom is -0.401 e. The Morgan fingerprint density at radius 2 is 2.15 bits per heavy atom. The van der Waals surface area contributed by atoms with Crippen LogP contribution in [0.25, 0.3) is 0 Å². The lowest BCUT2D eigenvalue weighted by molar-refractivity contribution is -0.115. The molecular formula is C17H24N2O. The van der Waals surface area contributed by atoms with E-state index in [1.54, 1.807) is 0 Å². The number of Topliss-reactive ketones (excluding diaryl/α,β-unsaturated/α-hetero) is 1. The number of carbonyl (C=O) groups excluding carboxylic acids is 1. The van der Waals surface area contributed by atoms with Crippen molar-refractivity contribution < 1.29 is 4.79 Å². The molecule has 2 aliphatic rings. The molecule has 0 unspecified atom stereocenters. The fourth-order valence-electron chi connectivity index (χ4n) is 2.55. The highest BCUT2D eigenvalue weighted by molar-refractivity contribution is 5.96. The molecule has 0 amide bonds. The highest BCUT2D eigenvalue weighted by Crippen LogP contribution is 2.19. The summed E-state index contributed by atoms with van der Waals surface area (Å²) in [4.78, 5) is 12.2. The van der Waals surface area contributed by atoms with Crippen molar-refractivity contribution in [2.45, 2.75) is 45.4 Å². The van der Waals surface area contributed by atoms with Crippen LogP contribution in [0.5, 0.6) is 0 Å². The van der Waals surface area contributed by atoms with Crippen molar-refractivity contribution >= 4 is 5.78 Å². The summed E-state index contributed by atoms with van der Waals surface area (Å²) >= 11 is 0. The van der Waals surface area contributed by atoms with Gasteiger partial charge >= 0.3 is 0 Å². The monoisotopic (exact) mass is 272 g/mol. The molecule has 3 nitrogen and oxygen atoms in total.